The van der Waals surface area contributed by atoms with E-state index in [0.717, 1.165) is 17.7 Å². The predicted octanol–water partition coefficient (Wildman–Crippen LogP) is 2.41. The summed E-state index contributed by atoms with van der Waals surface area (Å²) in [7, 11) is 0. The number of nitrogens with one attached hydrogen (secondary N) is 1. The molecule has 2 amide bonds. The van der Waals surface area contributed by atoms with Crippen LogP contribution in [0.5, 0.6) is 0 Å². The van der Waals surface area contributed by atoms with Crippen LogP contribution in [0.2, 0.25) is 0 Å². The lowest BCUT2D eigenvalue weighted by molar-refractivity contribution is -0.126. The number of rotatable bonds is 4. The number of carbonyl (C=O) groups excluding carboxylic acids is 2. The topological polar surface area (TPSA) is 62.3 Å². The van der Waals surface area contributed by atoms with Gasteiger partial charge in [-0.15, -0.1) is 0 Å². The second-order valence-corrected chi connectivity index (χ2v) is 5.65. The van der Waals surface area contributed by atoms with Gasteiger partial charge in [0.1, 0.15) is 6.04 Å². The summed E-state index contributed by atoms with van der Waals surface area (Å²) in [5.41, 5.74) is 1.71. The molecular weight excluding hydrogens is 302 g/mol. The van der Waals surface area contributed by atoms with Crippen LogP contribution >= 0.6 is 0 Å². The molecular formula is C19H19N3O2. The van der Waals surface area contributed by atoms with Crippen molar-refractivity contribution in [2.75, 3.05) is 11.4 Å². The lowest BCUT2D eigenvalue weighted by atomic mass is 10.0. The molecule has 1 aromatic heterocycles. The third-order valence-electron chi connectivity index (χ3n) is 3.93. The number of nitrogens with zero attached hydrogens (tertiary/aromatic N) is 2. The summed E-state index contributed by atoms with van der Waals surface area (Å²) in [6, 6.07) is 12.7. The van der Waals surface area contributed by atoms with Crippen molar-refractivity contribution in [1.29, 1.82) is 0 Å². The molecule has 0 bridgehead atoms. The number of amides is 2. The maximum Gasteiger partial charge on any atom is 0.249 e. The standard InChI is InChI=1S/C19H19N3O2/c23-18(11-10-15-6-4-12-20-14-15)21-17-9-5-13-22(19(17)24)16-7-2-1-3-8-16/h1-4,6-8,10-12,14,17H,5,9,13H2,(H,21,23)/b11-10-/t17-/m1/s1. The van der Waals surface area contributed by atoms with E-state index in [2.05, 4.69) is 10.3 Å². The van der Waals surface area contributed by atoms with Crippen LogP contribution < -0.4 is 10.2 Å². The van der Waals surface area contributed by atoms with Crippen LogP contribution in [0.3, 0.4) is 0 Å². The number of hydrogen-bond acceptors (Lipinski definition) is 3. The molecule has 5 nitrogen and oxygen atoms in total. The molecule has 0 spiro atoms. The Morgan fingerprint density at radius 1 is 1.21 bits per heavy atom. The van der Waals surface area contributed by atoms with Gasteiger partial charge in [-0.1, -0.05) is 24.3 Å². The summed E-state index contributed by atoms with van der Waals surface area (Å²) in [6.07, 6.45) is 7.99. The third-order valence-corrected chi connectivity index (χ3v) is 3.93. The highest BCUT2D eigenvalue weighted by Gasteiger charge is 2.30. The molecule has 1 fully saturated rings. The smallest absolute Gasteiger partial charge is 0.249 e. The minimum atomic E-state index is -0.481. The van der Waals surface area contributed by atoms with Gasteiger partial charge in [-0.25, -0.2) is 0 Å². The summed E-state index contributed by atoms with van der Waals surface area (Å²) in [6.45, 7) is 0.681. The van der Waals surface area contributed by atoms with Gasteiger partial charge in [0.2, 0.25) is 11.8 Å². The quantitative estimate of drug-likeness (QED) is 0.880. The van der Waals surface area contributed by atoms with Crippen LogP contribution in [0, 0.1) is 0 Å². The van der Waals surface area contributed by atoms with Crippen LogP contribution in [-0.2, 0) is 9.59 Å². The normalized spacial score (nSPS) is 17.9. The largest absolute Gasteiger partial charge is 0.341 e. The molecule has 2 heterocycles. The van der Waals surface area contributed by atoms with Crippen molar-refractivity contribution in [1.82, 2.24) is 10.3 Å². The van der Waals surface area contributed by atoms with E-state index in [-0.39, 0.29) is 11.8 Å². The molecule has 1 N–H and O–H groups in total. The molecule has 5 heteroatoms. The second-order valence-electron chi connectivity index (χ2n) is 5.65. The van der Waals surface area contributed by atoms with Crippen LogP contribution in [0.4, 0.5) is 5.69 Å². The van der Waals surface area contributed by atoms with E-state index in [0.29, 0.717) is 13.0 Å². The van der Waals surface area contributed by atoms with E-state index >= 15 is 0 Å². The van der Waals surface area contributed by atoms with Crippen molar-refractivity contribution >= 4 is 23.6 Å². The summed E-state index contributed by atoms with van der Waals surface area (Å²) >= 11 is 0. The van der Waals surface area contributed by atoms with E-state index in [4.69, 9.17) is 0 Å². The van der Waals surface area contributed by atoms with Crippen molar-refractivity contribution in [2.24, 2.45) is 0 Å². The van der Waals surface area contributed by atoms with Gasteiger partial charge in [-0.05, 0) is 42.7 Å². The number of hydrogen-bond donors (Lipinski definition) is 1. The third kappa shape index (κ3) is 3.87. The fraction of sp³-hybridized carbons (Fsp3) is 0.211. The first-order valence-electron chi connectivity index (χ1n) is 7.99. The first-order valence-corrected chi connectivity index (χ1v) is 7.99. The average Bonchev–Trinajstić information content (AvgIpc) is 2.63. The van der Waals surface area contributed by atoms with Gasteiger partial charge in [0.15, 0.2) is 0 Å². The van der Waals surface area contributed by atoms with Crippen LogP contribution in [0.15, 0.2) is 60.9 Å². The van der Waals surface area contributed by atoms with Crippen molar-refractivity contribution < 1.29 is 9.59 Å². The zero-order valence-corrected chi connectivity index (χ0v) is 13.3. The molecule has 2 aromatic rings. The number of anilines is 1. The Morgan fingerprint density at radius 2 is 2.04 bits per heavy atom. The molecule has 3 rings (SSSR count). The fourth-order valence-electron chi connectivity index (χ4n) is 2.74. The Labute approximate surface area is 141 Å². The van der Waals surface area contributed by atoms with Gasteiger partial charge in [-0.3, -0.25) is 14.6 Å². The van der Waals surface area contributed by atoms with Crippen molar-refractivity contribution in [3.05, 3.63) is 66.5 Å². The zero-order valence-electron chi connectivity index (χ0n) is 13.3. The highest BCUT2D eigenvalue weighted by Crippen LogP contribution is 2.20. The molecule has 1 saturated heterocycles. The predicted molar refractivity (Wildman–Crippen MR) is 93.2 cm³/mol. The summed E-state index contributed by atoms with van der Waals surface area (Å²) < 4.78 is 0. The molecule has 1 aromatic carbocycles. The van der Waals surface area contributed by atoms with Gasteiger partial charge in [0.25, 0.3) is 0 Å². The maximum absolute atomic E-state index is 12.6. The van der Waals surface area contributed by atoms with Crippen LogP contribution in [0.25, 0.3) is 6.08 Å². The van der Waals surface area contributed by atoms with Crippen molar-refractivity contribution in [3.63, 3.8) is 0 Å². The molecule has 1 aliphatic rings. The number of benzene rings is 1. The molecule has 0 unspecified atom stereocenters. The monoisotopic (exact) mass is 321 g/mol. The fourth-order valence-corrected chi connectivity index (χ4v) is 2.74. The molecule has 1 aliphatic heterocycles. The molecule has 0 radical (unpaired) electrons. The number of carbonyl (C=O) groups is 2. The Kier molecular flexibility index (Phi) is 5.01. The maximum atomic E-state index is 12.6. The number of pyridine rings is 1. The Morgan fingerprint density at radius 3 is 2.79 bits per heavy atom. The highest BCUT2D eigenvalue weighted by molar-refractivity contribution is 6.01. The number of aromatic nitrogens is 1. The highest BCUT2D eigenvalue weighted by atomic mass is 16.2. The average molecular weight is 321 g/mol. The first kappa shape index (κ1) is 15.9. The zero-order chi connectivity index (χ0) is 16.8. The summed E-state index contributed by atoms with van der Waals surface area (Å²) in [4.78, 5) is 30.4. The molecule has 1 atom stereocenters. The molecule has 24 heavy (non-hydrogen) atoms. The Hall–Kier alpha value is -2.95. The molecule has 0 saturated carbocycles. The number of para-hydroxylation sites is 1. The second kappa shape index (κ2) is 7.55. The minimum absolute atomic E-state index is 0.0597. The van der Waals surface area contributed by atoms with Gasteiger partial charge in [0.05, 0.1) is 0 Å². The van der Waals surface area contributed by atoms with Crippen LogP contribution in [0.1, 0.15) is 18.4 Å². The van der Waals surface area contributed by atoms with E-state index in [1.165, 1.54) is 6.08 Å². The van der Waals surface area contributed by atoms with Crippen molar-refractivity contribution in [3.8, 4) is 0 Å². The van der Waals surface area contributed by atoms with Gasteiger partial charge in [-0.2, -0.15) is 0 Å². The number of piperidine rings is 1. The Bertz CT molecular complexity index is 729. The Balaban J connectivity index is 1.63. The summed E-state index contributed by atoms with van der Waals surface area (Å²) in [5, 5.41) is 2.80. The minimum Gasteiger partial charge on any atom is -0.341 e. The van der Waals surface area contributed by atoms with Gasteiger partial charge in [0, 0.05) is 30.7 Å². The molecule has 122 valence electrons. The van der Waals surface area contributed by atoms with Gasteiger partial charge < -0.3 is 10.2 Å². The van der Waals surface area contributed by atoms with Crippen molar-refractivity contribution in [2.45, 2.75) is 18.9 Å². The lowest BCUT2D eigenvalue weighted by Crippen LogP contribution is -2.52. The van der Waals surface area contributed by atoms with Gasteiger partial charge >= 0.3 is 0 Å². The lowest BCUT2D eigenvalue weighted by Gasteiger charge is -2.32. The first-order chi connectivity index (χ1) is 11.7. The van der Waals surface area contributed by atoms with E-state index in [9.17, 15) is 9.59 Å². The molecule has 0 aliphatic carbocycles. The van der Waals surface area contributed by atoms with E-state index in [1.807, 2.05) is 36.4 Å². The summed E-state index contributed by atoms with van der Waals surface area (Å²) in [5.74, 6) is -0.331. The van der Waals surface area contributed by atoms with E-state index in [1.54, 1.807) is 29.4 Å². The SMILES string of the molecule is O=C(/C=C\c1cccnc1)N[C@@H]1CCCN(c2ccccc2)C1=O. The van der Waals surface area contributed by atoms with Crippen LogP contribution in [-0.4, -0.2) is 29.4 Å². The van der Waals surface area contributed by atoms with E-state index < -0.39 is 6.04 Å².